The molecule has 3 aromatic rings. The summed E-state index contributed by atoms with van der Waals surface area (Å²) in [6.45, 7) is 0.693. The second kappa shape index (κ2) is 7.46. The summed E-state index contributed by atoms with van der Waals surface area (Å²) >= 11 is 0. The first-order chi connectivity index (χ1) is 11.7. The monoisotopic (exact) mass is 369 g/mol. The van der Waals surface area contributed by atoms with E-state index in [4.69, 9.17) is 5.73 Å². The number of aromatic nitrogens is 5. The van der Waals surface area contributed by atoms with Gasteiger partial charge in [-0.05, 0) is 6.07 Å². The van der Waals surface area contributed by atoms with Crippen LogP contribution in [0.1, 0.15) is 5.82 Å². The molecule has 0 aliphatic carbocycles. The van der Waals surface area contributed by atoms with Crippen LogP contribution in [0.15, 0.2) is 30.9 Å². The molecule has 25 heavy (non-hydrogen) atoms. The Morgan fingerprint density at radius 3 is 2.72 bits per heavy atom. The van der Waals surface area contributed by atoms with Crippen molar-refractivity contribution in [3.63, 3.8) is 0 Å². The number of aryl methyl sites for hydroxylation is 2. The first-order valence-corrected chi connectivity index (χ1v) is 8.39. The molecule has 0 saturated carbocycles. The Labute approximate surface area is 144 Å². The van der Waals surface area contributed by atoms with Crippen molar-refractivity contribution in [3.05, 3.63) is 36.7 Å². The first-order valence-electron chi connectivity index (χ1n) is 7.06. The standard InChI is InChI=1S/C12H16N7.CH4O4S/c1-17-5-6-18(2)11(17)8-15-10-3-4-14-12-9(13)7-16-19(10)12;1-5-6(2,3)4/h3-7,15H,8,13H2,1-2H3;1H3,(H,2,3,4)/q+1;/p-1. The number of fused-ring (bicyclic) bond motifs is 1. The van der Waals surface area contributed by atoms with Crippen LogP contribution in [0, 0.1) is 0 Å². The first kappa shape index (κ1) is 18.6. The molecule has 0 unspecified atom stereocenters. The molecule has 0 spiro atoms. The highest BCUT2D eigenvalue weighted by Crippen LogP contribution is 2.15. The van der Waals surface area contributed by atoms with Gasteiger partial charge < -0.3 is 15.6 Å². The van der Waals surface area contributed by atoms with Gasteiger partial charge in [0.2, 0.25) is 10.4 Å². The number of rotatable bonds is 4. The van der Waals surface area contributed by atoms with Crippen LogP contribution in [0.4, 0.5) is 11.5 Å². The van der Waals surface area contributed by atoms with E-state index in [1.54, 1.807) is 16.9 Å². The summed E-state index contributed by atoms with van der Waals surface area (Å²) in [7, 11) is 0.434. The van der Waals surface area contributed by atoms with Gasteiger partial charge >= 0.3 is 0 Å². The van der Waals surface area contributed by atoms with Crippen molar-refractivity contribution >= 4 is 27.6 Å². The van der Waals surface area contributed by atoms with Crippen molar-refractivity contribution in [1.82, 2.24) is 19.2 Å². The minimum Gasteiger partial charge on any atom is -0.726 e. The quantitative estimate of drug-likeness (QED) is 0.345. The molecule has 136 valence electrons. The van der Waals surface area contributed by atoms with Crippen molar-refractivity contribution in [3.8, 4) is 0 Å². The molecule has 0 aliphatic heterocycles. The van der Waals surface area contributed by atoms with Gasteiger partial charge in [0.05, 0.1) is 33.1 Å². The van der Waals surface area contributed by atoms with E-state index in [1.807, 2.05) is 32.6 Å². The minimum atomic E-state index is -4.41. The second-order valence-electron chi connectivity index (χ2n) is 5.03. The number of nitrogens with zero attached hydrogens (tertiary/aromatic N) is 5. The van der Waals surface area contributed by atoms with Gasteiger partial charge in [-0.15, -0.1) is 0 Å². The van der Waals surface area contributed by atoms with Crippen LogP contribution in [0.2, 0.25) is 0 Å². The Bertz CT molecular complexity index is 945. The van der Waals surface area contributed by atoms with Gasteiger partial charge in [0, 0.05) is 6.20 Å². The third-order valence-electron chi connectivity index (χ3n) is 3.39. The molecule has 0 aliphatic rings. The van der Waals surface area contributed by atoms with Crippen LogP contribution in [0.5, 0.6) is 0 Å². The third-order valence-corrected chi connectivity index (χ3v) is 3.80. The second-order valence-corrected chi connectivity index (χ2v) is 6.18. The van der Waals surface area contributed by atoms with E-state index >= 15 is 0 Å². The van der Waals surface area contributed by atoms with Gasteiger partial charge in [-0.2, -0.15) is 9.61 Å². The fraction of sp³-hybridized carbons (Fsp3) is 0.308. The molecular formula is C13H19N7O4S. The SMILES string of the molecule is COS(=O)(=O)[O-].Cn1cc[n+](C)c1CNc1ccnc2c(N)cnn12. The average Bonchev–Trinajstić information content (AvgIpc) is 3.09. The number of hydrogen-bond acceptors (Lipinski definition) is 8. The lowest BCUT2D eigenvalue weighted by atomic mass is 10.5. The Morgan fingerprint density at radius 2 is 2.16 bits per heavy atom. The van der Waals surface area contributed by atoms with Gasteiger partial charge in [0.25, 0.3) is 5.82 Å². The Morgan fingerprint density at radius 1 is 1.48 bits per heavy atom. The molecule has 0 saturated heterocycles. The lowest BCUT2D eigenvalue weighted by molar-refractivity contribution is -0.678. The molecule has 0 atom stereocenters. The zero-order valence-corrected chi connectivity index (χ0v) is 14.8. The molecule has 12 heteroatoms. The summed E-state index contributed by atoms with van der Waals surface area (Å²) < 4.78 is 36.9. The molecule has 0 amide bonds. The van der Waals surface area contributed by atoms with E-state index in [2.05, 4.69) is 28.7 Å². The summed E-state index contributed by atoms with van der Waals surface area (Å²) in [6, 6.07) is 1.88. The highest BCUT2D eigenvalue weighted by Gasteiger charge is 2.12. The van der Waals surface area contributed by atoms with Crippen LogP contribution in [0.25, 0.3) is 5.65 Å². The van der Waals surface area contributed by atoms with Crippen molar-refractivity contribution in [2.45, 2.75) is 6.54 Å². The highest BCUT2D eigenvalue weighted by molar-refractivity contribution is 7.80. The van der Waals surface area contributed by atoms with Crippen LogP contribution >= 0.6 is 0 Å². The fourth-order valence-electron chi connectivity index (χ4n) is 2.08. The number of imidazole rings is 1. The Kier molecular flexibility index (Phi) is 5.56. The molecule has 0 bridgehead atoms. The van der Waals surface area contributed by atoms with Gasteiger partial charge in [-0.3, -0.25) is 4.18 Å². The molecule has 3 aromatic heterocycles. The number of nitrogens with one attached hydrogen (secondary N) is 1. The Balaban J connectivity index is 0.000000326. The van der Waals surface area contributed by atoms with Gasteiger partial charge in [0.1, 0.15) is 24.8 Å². The predicted molar refractivity (Wildman–Crippen MR) is 88.0 cm³/mol. The van der Waals surface area contributed by atoms with Crippen LogP contribution < -0.4 is 15.6 Å². The highest BCUT2D eigenvalue weighted by atomic mass is 32.3. The summed E-state index contributed by atoms with van der Waals surface area (Å²) in [4.78, 5) is 4.21. The topological polar surface area (TPSA) is 143 Å². The maximum absolute atomic E-state index is 9.22. The fourth-order valence-corrected chi connectivity index (χ4v) is 2.08. The lowest BCUT2D eigenvalue weighted by Gasteiger charge is -2.06. The summed E-state index contributed by atoms with van der Waals surface area (Å²) in [5.74, 6) is 2.02. The van der Waals surface area contributed by atoms with Crippen molar-refractivity contribution in [2.24, 2.45) is 14.1 Å². The van der Waals surface area contributed by atoms with Gasteiger partial charge in [-0.1, -0.05) is 0 Å². The normalized spacial score (nSPS) is 11.2. The van der Waals surface area contributed by atoms with Gasteiger partial charge in [-0.25, -0.2) is 22.5 Å². The van der Waals surface area contributed by atoms with E-state index in [0.29, 0.717) is 17.9 Å². The van der Waals surface area contributed by atoms with E-state index < -0.39 is 10.4 Å². The molecule has 0 aromatic carbocycles. The molecule has 3 N–H and O–H groups in total. The summed E-state index contributed by atoms with van der Waals surface area (Å²) in [6.07, 6.45) is 7.37. The van der Waals surface area contributed by atoms with E-state index in [9.17, 15) is 13.0 Å². The summed E-state index contributed by atoms with van der Waals surface area (Å²) in [5, 5.41) is 7.56. The van der Waals surface area contributed by atoms with Crippen molar-refractivity contribution < 1.29 is 21.7 Å². The number of nitrogens with two attached hydrogens (primary N) is 1. The number of anilines is 2. The molecular weight excluding hydrogens is 350 g/mol. The van der Waals surface area contributed by atoms with E-state index in [-0.39, 0.29) is 0 Å². The van der Waals surface area contributed by atoms with Gasteiger partial charge in [0.15, 0.2) is 5.65 Å². The average molecular weight is 369 g/mol. The maximum atomic E-state index is 9.22. The minimum absolute atomic E-state index is 0.577. The van der Waals surface area contributed by atoms with E-state index in [0.717, 1.165) is 18.8 Å². The molecule has 3 rings (SSSR count). The molecule has 3 heterocycles. The van der Waals surface area contributed by atoms with E-state index in [1.165, 1.54) is 0 Å². The summed E-state index contributed by atoms with van der Waals surface area (Å²) in [5.41, 5.74) is 7.05. The maximum Gasteiger partial charge on any atom is 0.275 e. The smallest absolute Gasteiger partial charge is 0.275 e. The Hall–Kier alpha value is -2.70. The molecule has 11 nitrogen and oxygen atoms in total. The zero-order chi connectivity index (χ0) is 18.6. The van der Waals surface area contributed by atoms with Crippen molar-refractivity contribution in [1.29, 1.82) is 0 Å². The van der Waals surface area contributed by atoms with Crippen LogP contribution in [-0.4, -0.2) is 39.2 Å². The number of nitrogen functional groups attached to an aromatic ring is 1. The number of hydrogen-bond donors (Lipinski definition) is 2. The zero-order valence-electron chi connectivity index (χ0n) is 13.9. The molecule has 0 fully saturated rings. The lowest BCUT2D eigenvalue weighted by Crippen LogP contribution is -2.33. The largest absolute Gasteiger partial charge is 0.726 e. The van der Waals surface area contributed by atoms with Crippen molar-refractivity contribution in [2.75, 3.05) is 18.2 Å². The molecule has 0 radical (unpaired) electrons. The third kappa shape index (κ3) is 4.65. The van der Waals surface area contributed by atoms with Crippen LogP contribution in [0.3, 0.4) is 0 Å². The predicted octanol–water partition coefficient (Wildman–Crippen LogP) is -0.820. The van der Waals surface area contributed by atoms with Crippen LogP contribution in [-0.2, 0) is 35.2 Å².